The topological polar surface area (TPSA) is 43.9 Å². The summed E-state index contributed by atoms with van der Waals surface area (Å²) in [6.45, 7) is 7.53. The van der Waals surface area contributed by atoms with Gasteiger partial charge in [-0.3, -0.25) is 14.5 Å². The van der Waals surface area contributed by atoms with Crippen LogP contribution in [0.15, 0.2) is 0 Å². The second-order valence-electron chi connectivity index (χ2n) is 9.49. The summed E-state index contributed by atoms with van der Waals surface area (Å²) in [6.07, 6.45) is 10.6. The van der Waals surface area contributed by atoms with E-state index in [0.29, 0.717) is 23.7 Å². The molecule has 0 unspecified atom stereocenters. The summed E-state index contributed by atoms with van der Waals surface area (Å²) >= 11 is 0. The molecule has 0 radical (unpaired) electrons. The number of piperidine rings is 1. The van der Waals surface area contributed by atoms with Gasteiger partial charge < -0.3 is 9.80 Å². The molecular weight excluding hydrogens is 338 g/mol. The van der Waals surface area contributed by atoms with Crippen LogP contribution in [-0.2, 0) is 9.59 Å². The van der Waals surface area contributed by atoms with Crippen LogP contribution in [0.1, 0.15) is 64.7 Å². The highest BCUT2D eigenvalue weighted by Gasteiger charge is 2.40. The number of nitrogens with zero attached hydrogens (tertiary/aromatic N) is 3. The maximum Gasteiger partial charge on any atom is 0.240 e. The van der Waals surface area contributed by atoms with E-state index in [9.17, 15) is 9.59 Å². The van der Waals surface area contributed by atoms with E-state index in [1.54, 1.807) is 0 Å². The maximum absolute atomic E-state index is 13.5. The molecule has 0 N–H and O–H groups in total. The number of likely N-dealkylation sites (tertiary alicyclic amines) is 1. The molecule has 2 saturated carbocycles. The molecule has 152 valence electrons. The van der Waals surface area contributed by atoms with Crippen LogP contribution >= 0.6 is 0 Å². The van der Waals surface area contributed by atoms with Gasteiger partial charge in [-0.1, -0.05) is 26.2 Å². The van der Waals surface area contributed by atoms with Gasteiger partial charge in [0.25, 0.3) is 0 Å². The molecule has 0 bridgehead atoms. The Hall–Kier alpha value is -1.10. The van der Waals surface area contributed by atoms with Crippen molar-refractivity contribution >= 4 is 11.8 Å². The summed E-state index contributed by atoms with van der Waals surface area (Å²) < 4.78 is 0. The van der Waals surface area contributed by atoms with E-state index in [1.165, 1.54) is 32.1 Å². The molecule has 2 aliphatic carbocycles. The minimum atomic E-state index is 0.0573. The molecule has 0 aromatic carbocycles. The average Bonchev–Trinajstić information content (AvgIpc) is 3.16. The van der Waals surface area contributed by atoms with Crippen LogP contribution in [0.3, 0.4) is 0 Å². The van der Waals surface area contributed by atoms with Gasteiger partial charge in [0.2, 0.25) is 11.8 Å². The first kappa shape index (κ1) is 19.2. The lowest BCUT2D eigenvalue weighted by atomic mass is 9.84. The van der Waals surface area contributed by atoms with Crippen LogP contribution in [0, 0.1) is 17.8 Å². The number of carbonyl (C=O) groups excluding carboxylic acids is 2. The fraction of sp³-hybridized carbons (Fsp3) is 0.909. The first-order chi connectivity index (χ1) is 13.1. The number of rotatable bonds is 4. The maximum atomic E-state index is 13.5. The highest BCUT2D eigenvalue weighted by molar-refractivity contribution is 5.83. The number of hydrogen-bond donors (Lipinski definition) is 0. The molecular formula is C22H37N3O2. The molecule has 5 heteroatoms. The molecule has 4 aliphatic rings. The molecule has 5 nitrogen and oxygen atoms in total. The molecule has 0 spiro atoms. The Labute approximate surface area is 164 Å². The van der Waals surface area contributed by atoms with Gasteiger partial charge in [-0.2, -0.15) is 0 Å². The predicted octanol–water partition coefficient (Wildman–Crippen LogP) is 2.75. The van der Waals surface area contributed by atoms with Crippen LogP contribution in [0.2, 0.25) is 0 Å². The van der Waals surface area contributed by atoms with Gasteiger partial charge >= 0.3 is 0 Å². The summed E-state index contributed by atoms with van der Waals surface area (Å²) in [4.78, 5) is 32.7. The smallest absolute Gasteiger partial charge is 0.240 e. The molecule has 2 heterocycles. The van der Waals surface area contributed by atoms with Crippen LogP contribution < -0.4 is 0 Å². The molecule has 2 saturated heterocycles. The number of hydrogen-bond acceptors (Lipinski definition) is 3. The van der Waals surface area contributed by atoms with Crippen molar-refractivity contribution in [2.24, 2.45) is 17.8 Å². The molecule has 0 aromatic heterocycles. The summed E-state index contributed by atoms with van der Waals surface area (Å²) in [6, 6.07) is 0.0573. The van der Waals surface area contributed by atoms with Gasteiger partial charge in [0.05, 0.1) is 6.04 Å². The van der Waals surface area contributed by atoms with Gasteiger partial charge in [-0.05, 0) is 50.4 Å². The Morgan fingerprint density at radius 1 is 0.741 bits per heavy atom. The van der Waals surface area contributed by atoms with E-state index in [2.05, 4.69) is 21.6 Å². The SMILES string of the molecule is CC1CCN(C(=O)[C@H](C2CCCC2)N2CCN(C(=O)C3CCC3)CC2)CC1. The second kappa shape index (κ2) is 8.50. The zero-order valence-electron chi connectivity index (χ0n) is 17.1. The summed E-state index contributed by atoms with van der Waals surface area (Å²) in [7, 11) is 0. The van der Waals surface area contributed by atoms with Crippen molar-refractivity contribution in [3.8, 4) is 0 Å². The fourth-order valence-corrected chi connectivity index (χ4v) is 5.48. The largest absolute Gasteiger partial charge is 0.341 e. The normalized spacial score (nSPS) is 27.6. The monoisotopic (exact) mass is 375 g/mol. The number of carbonyl (C=O) groups is 2. The minimum Gasteiger partial charge on any atom is -0.341 e. The minimum absolute atomic E-state index is 0.0573. The van der Waals surface area contributed by atoms with E-state index in [4.69, 9.17) is 0 Å². The standard InChI is InChI=1S/C22H37N3O2/c1-17-9-11-24(12-10-17)22(27)20(18-5-2-3-6-18)23-13-15-25(16-14-23)21(26)19-7-4-8-19/h17-20H,2-16H2,1H3/t20-/m0/s1. The van der Waals surface area contributed by atoms with E-state index in [0.717, 1.165) is 70.9 Å². The zero-order valence-corrected chi connectivity index (χ0v) is 17.1. The third-order valence-corrected chi connectivity index (χ3v) is 7.67. The highest BCUT2D eigenvalue weighted by atomic mass is 16.2. The molecule has 4 fully saturated rings. The lowest BCUT2D eigenvalue weighted by Crippen LogP contribution is -2.59. The van der Waals surface area contributed by atoms with E-state index in [1.807, 2.05) is 0 Å². The van der Waals surface area contributed by atoms with Gasteiger partial charge in [0, 0.05) is 45.2 Å². The van der Waals surface area contributed by atoms with Gasteiger partial charge in [0.15, 0.2) is 0 Å². The first-order valence-electron chi connectivity index (χ1n) is 11.4. The Balaban J connectivity index is 1.39. The lowest BCUT2D eigenvalue weighted by molar-refractivity contribution is -0.144. The molecule has 4 rings (SSSR count). The predicted molar refractivity (Wildman–Crippen MR) is 106 cm³/mol. The Morgan fingerprint density at radius 2 is 1.37 bits per heavy atom. The quantitative estimate of drug-likeness (QED) is 0.759. The van der Waals surface area contributed by atoms with E-state index < -0.39 is 0 Å². The Morgan fingerprint density at radius 3 is 1.93 bits per heavy atom. The van der Waals surface area contributed by atoms with Gasteiger partial charge in [0.1, 0.15) is 0 Å². The lowest BCUT2D eigenvalue weighted by Gasteiger charge is -2.44. The van der Waals surface area contributed by atoms with E-state index >= 15 is 0 Å². The Kier molecular flexibility index (Phi) is 6.05. The second-order valence-corrected chi connectivity index (χ2v) is 9.49. The van der Waals surface area contributed by atoms with Crippen molar-refractivity contribution in [2.45, 2.75) is 70.8 Å². The zero-order chi connectivity index (χ0) is 18.8. The van der Waals surface area contributed by atoms with Crippen LogP contribution in [0.25, 0.3) is 0 Å². The Bertz CT molecular complexity index is 526. The molecule has 2 aliphatic heterocycles. The fourth-order valence-electron chi connectivity index (χ4n) is 5.48. The molecule has 0 aromatic rings. The number of amides is 2. The first-order valence-corrected chi connectivity index (χ1v) is 11.4. The average molecular weight is 376 g/mol. The van der Waals surface area contributed by atoms with Gasteiger partial charge in [-0.25, -0.2) is 0 Å². The van der Waals surface area contributed by atoms with Crippen LogP contribution in [-0.4, -0.2) is 71.8 Å². The summed E-state index contributed by atoms with van der Waals surface area (Å²) in [5.74, 6) is 2.31. The van der Waals surface area contributed by atoms with Crippen molar-refractivity contribution in [3.63, 3.8) is 0 Å². The number of piperazine rings is 1. The van der Waals surface area contributed by atoms with E-state index in [-0.39, 0.29) is 6.04 Å². The van der Waals surface area contributed by atoms with Crippen LogP contribution in [0.5, 0.6) is 0 Å². The van der Waals surface area contributed by atoms with Crippen LogP contribution in [0.4, 0.5) is 0 Å². The van der Waals surface area contributed by atoms with Crippen molar-refractivity contribution in [1.29, 1.82) is 0 Å². The van der Waals surface area contributed by atoms with Crippen molar-refractivity contribution in [3.05, 3.63) is 0 Å². The summed E-state index contributed by atoms with van der Waals surface area (Å²) in [5.41, 5.74) is 0. The van der Waals surface area contributed by atoms with Crippen molar-refractivity contribution in [1.82, 2.24) is 14.7 Å². The summed E-state index contributed by atoms with van der Waals surface area (Å²) in [5, 5.41) is 0. The molecule has 2 amide bonds. The van der Waals surface area contributed by atoms with Crippen molar-refractivity contribution < 1.29 is 9.59 Å². The van der Waals surface area contributed by atoms with Crippen molar-refractivity contribution in [2.75, 3.05) is 39.3 Å². The van der Waals surface area contributed by atoms with Gasteiger partial charge in [-0.15, -0.1) is 0 Å². The third-order valence-electron chi connectivity index (χ3n) is 7.67. The third kappa shape index (κ3) is 4.18. The molecule has 1 atom stereocenters. The molecule has 27 heavy (non-hydrogen) atoms. The highest BCUT2D eigenvalue weighted by Crippen LogP contribution is 2.33.